The van der Waals surface area contributed by atoms with Crippen molar-refractivity contribution in [3.8, 4) is 0 Å². The van der Waals surface area contributed by atoms with E-state index in [1.807, 2.05) is 0 Å². The van der Waals surface area contributed by atoms with Gasteiger partial charge in [0.15, 0.2) is 5.11 Å². The summed E-state index contributed by atoms with van der Waals surface area (Å²) >= 11 is 5.32. The molecule has 2 fully saturated rings. The van der Waals surface area contributed by atoms with E-state index in [1.165, 1.54) is 57.8 Å². The zero-order valence-electron chi connectivity index (χ0n) is 10.1. The third-order valence-corrected chi connectivity index (χ3v) is 4.27. The Morgan fingerprint density at radius 1 is 1.00 bits per heavy atom. The Balaban J connectivity index is 1.52. The van der Waals surface area contributed by atoms with Gasteiger partial charge in [-0.25, -0.2) is 0 Å². The topological polar surface area (TPSA) is 24.1 Å². The monoisotopic (exact) mass is 240 g/mol. The van der Waals surface area contributed by atoms with E-state index in [4.69, 9.17) is 12.2 Å². The van der Waals surface area contributed by atoms with E-state index >= 15 is 0 Å². The van der Waals surface area contributed by atoms with Crippen LogP contribution in [0.1, 0.15) is 57.8 Å². The Morgan fingerprint density at radius 2 is 1.75 bits per heavy atom. The molecule has 92 valence electrons. The number of hydrogen-bond donors (Lipinski definition) is 2. The van der Waals surface area contributed by atoms with E-state index in [-0.39, 0.29) is 0 Å². The normalized spacial score (nSPS) is 22.5. The highest BCUT2D eigenvalue weighted by Crippen LogP contribution is 2.28. The Morgan fingerprint density at radius 3 is 2.38 bits per heavy atom. The molecule has 0 radical (unpaired) electrons. The summed E-state index contributed by atoms with van der Waals surface area (Å²) in [7, 11) is 0. The van der Waals surface area contributed by atoms with Crippen LogP contribution in [0.2, 0.25) is 0 Å². The highest BCUT2D eigenvalue weighted by Gasteiger charge is 2.17. The highest BCUT2D eigenvalue weighted by molar-refractivity contribution is 7.80. The number of thiocarbonyl (C=S) groups is 1. The van der Waals surface area contributed by atoms with Crippen molar-refractivity contribution >= 4 is 17.3 Å². The Kier molecular flexibility index (Phi) is 4.89. The lowest BCUT2D eigenvalue weighted by Crippen LogP contribution is -2.43. The lowest BCUT2D eigenvalue weighted by molar-refractivity contribution is 0.296. The van der Waals surface area contributed by atoms with Crippen molar-refractivity contribution in [3.05, 3.63) is 0 Å². The molecule has 0 amide bonds. The van der Waals surface area contributed by atoms with Gasteiger partial charge in [0.1, 0.15) is 0 Å². The molecule has 0 aromatic heterocycles. The summed E-state index contributed by atoms with van der Waals surface area (Å²) in [6.45, 7) is 1.06. The average Bonchev–Trinajstić information content (AvgIpc) is 2.23. The molecule has 0 unspecified atom stereocenters. The summed E-state index contributed by atoms with van der Waals surface area (Å²) in [6, 6.07) is 0.637. The third-order valence-electron chi connectivity index (χ3n) is 4.00. The first-order chi connectivity index (χ1) is 7.84. The van der Waals surface area contributed by atoms with Gasteiger partial charge in [-0.3, -0.25) is 0 Å². The zero-order chi connectivity index (χ0) is 11.2. The van der Waals surface area contributed by atoms with Crippen LogP contribution in [0.5, 0.6) is 0 Å². The molecule has 0 aromatic rings. The van der Waals surface area contributed by atoms with Crippen molar-refractivity contribution in [2.75, 3.05) is 6.54 Å². The zero-order valence-corrected chi connectivity index (χ0v) is 11.0. The second kappa shape index (κ2) is 6.43. The maximum absolute atomic E-state index is 5.32. The molecular weight excluding hydrogens is 216 g/mol. The molecule has 0 aromatic carbocycles. The molecule has 2 aliphatic carbocycles. The summed E-state index contributed by atoms with van der Waals surface area (Å²) in [6.07, 6.45) is 12.3. The van der Waals surface area contributed by atoms with Crippen molar-refractivity contribution in [2.24, 2.45) is 5.92 Å². The molecule has 0 bridgehead atoms. The van der Waals surface area contributed by atoms with Gasteiger partial charge in [0.05, 0.1) is 0 Å². The lowest BCUT2D eigenvalue weighted by Gasteiger charge is -2.27. The maximum Gasteiger partial charge on any atom is 0.166 e. The predicted octanol–water partition coefficient (Wildman–Crippen LogP) is 2.97. The van der Waals surface area contributed by atoms with Gasteiger partial charge in [0.25, 0.3) is 0 Å². The second-order valence-electron chi connectivity index (χ2n) is 5.32. The van der Waals surface area contributed by atoms with Crippen LogP contribution >= 0.6 is 12.2 Å². The van der Waals surface area contributed by atoms with Crippen molar-refractivity contribution in [1.82, 2.24) is 10.6 Å². The van der Waals surface area contributed by atoms with Gasteiger partial charge in [-0.05, 0) is 37.4 Å². The fraction of sp³-hybridized carbons (Fsp3) is 0.923. The van der Waals surface area contributed by atoms with E-state index in [0.29, 0.717) is 6.04 Å². The van der Waals surface area contributed by atoms with Crippen molar-refractivity contribution in [1.29, 1.82) is 0 Å². The minimum absolute atomic E-state index is 0.637. The summed E-state index contributed by atoms with van der Waals surface area (Å²) in [5.74, 6) is 0.977. The average molecular weight is 240 g/mol. The van der Waals surface area contributed by atoms with E-state index in [1.54, 1.807) is 0 Å². The molecule has 0 atom stereocenters. The van der Waals surface area contributed by atoms with Crippen LogP contribution < -0.4 is 10.6 Å². The van der Waals surface area contributed by atoms with E-state index in [9.17, 15) is 0 Å². The molecule has 3 heteroatoms. The summed E-state index contributed by atoms with van der Waals surface area (Å²) in [5, 5.41) is 7.68. The minimum Gasteiger partial charge on any atom is -0.363 e. The fourth-order valence-corrected chi connectivity index (χ4v) is 2.92. The first kappa shape index (κ1) is 12.2. The molecule has 2 aliphatic rings. The van der Waals surface area contributed by atoms with Crippen LogP contribution in [0.15, 0.2) is 0 Å². The first-order valence-corrected chi connectivity index (χ1v) is 7.30. The molecule has 2 rings (SSSR count). The quantitative estimate of drug-likeness (QED) is 0.739. The summed E-state index contributed by atoms with van der Waals surface area (Å²) < 4.78 is 0. The van der Waals surface area contributed by atoms with Crippen LogP contribution in [0, 0.1) is 5.92 Å². The molecule has 2 saturated carbocycles. The van der Waals surface area contributed by atoms with Gasteiger partial charge in [-0.15, -0.1) is 0 Å². The fourth-order valence-electron chi connectivity index (χ4n) is 2.65. The molecule has 2 N–H and O–H groups in total. The predicted molar refractivity (Wildman–Crippen MR) is 72.6 cm³/mol. The minimum atomic E-state index is 0.637. The Labute approximate surface area is 105 Å². The van der Waals surface area contributed by atoms with Crippen molar-refractivity contribution < 1.29 is 0 Å². The Bertz CT molecular complexity index is 220. The van der Waals surface area contributed by atoms with E-state index in [0.717, 1.165) is 17.6 Å². The van der Waals surface area contributed by atoms with Gasteiger partial charge in [0.2, 0.25) is 0 Å². The number of rotatable bonds is 4. The van der Waals surface area contributed by atoms with Gasteiger partial charge >= 0.3 is 0 Å². The Hall–Kier alpha value is -0.310. The summed E-state index contributed by atoms with van der Waals surface area (Å²) in [4.78, 5) is 0. The molecule has 2 nitrogen and oxygen atoms in total. The number of nitrogens with one attached hydrogen (secondary N) is 2. The SMILES string of the molecule is S=C(NCCC1CCC1)NC1CCCCC1. The largest absolute Gasteiger partial charge is 0.363 e. The van der Waals surface area contributed by atoms with Gasteiger partial charge in [0, 0.05) is 12.6 Å². The number of hydrogen-bond acceptors (Lipinski definition) is 1. The highest BCUT2D eigenvalue weighted by atomic mass is 32.1. The third kappa shape index (κ3) is 3.93. The smallest absolute Gasteiger partial charge is 0.166 e. The molecule has 16 heavy (non-hydrogen) atoms. The van der Waals surface area contributed by atoms with Gasteiger partial charge in [-0.2, -0.15) is 0 Å². The molecular formula is C13H24N2S. The van der Waals surface area contributed by atoms with Crippen molar-refractivity contribution in [2.45, 2.75) is 63.8 Å². The van der Waals surface area contributed by atoms with E-state index in [2.05, 4.69) is 10.6 Å². The van der Waals surface area contributed by atoms with Gasteiger partial charge < -0.3 is 10.6 Å². The van der Waals surface area contributed by atoms with Crippen LogP contribution in [0.3, 0.4) is 0 Å². The van der Waals surface area contributed by atoms with Crippen molar-refractivity contribution in [3.63, 3.8) is 0 Å². The van der Waals surface area contributed by atoms with Crippen LogP contribution in [-0.4, -0.2) is 17.7 Å². The first-order valence-electron chi connectivity index (χ1n) is 6.89. The van der Waals surface area contributed by atoms with Gasteiger partial charge in [-0.1, -0.05) is 38.5 Å². The molecule has 0 spiro atoms. The lowest BCUT2D eigenvalue weighted by atomic mass is 9.83. The summed E-state index contributed by atoms with van der Waals surface area (Å²) in [5.41, 5.74) is 0. The van der Waals surface area contributed by atoms with Crippen LogP contribution in [0.4, 0.5) is 0 Å². The molecule has 0 heterocycles. The van der Waals surface area contributed by atoms with Crippen LogP contribution in [0.25, 0.3) is 0 Å². The molecule has 0 aliphatic heterocycles. The molecule has 0 saturated heterocycles. The second-order valence-corrected chi connectivity index (χ2v) is 5.73. The van der Waals surface area contributed by atoms with E-state index < -0.39 is 0 Å². The standard InChI is InChI=1S/C13H24N2S/c16-13(14-10-9-11-5-4-6-11)15-12-7-2-1-3-8-12/h11-12H,1-10H2,(H2,14,15,16). The maximum atomic E-state index is 5.32. The van der Waals surface area contributed by atoms with Crippen LogP contribution in [-0.2, 0) is 0 Å².